The number of ether oxygens (including phenoxy) is 1. The van der Waals surface area contributed by atoms with E-state index in [1.807, 2.05) is 20.8 Å². The van der Waals surface area contributed by atoms with E-state index >= 15 is 0 Å². The Morgan fingerprint density at radius 2 is 1.89 bits per heavy atom. The van der Waals surface area contributed by atoms with E-state index in [9.17, 15) is 8.42 Å². The number of methoxy groups -OCH3 is 1. The highest BCUT2D eigenvalue weighted by Crippen LogP contribution is 2.21. The Balaban J connectivity index is 3.02. The number of benzene rings is 1. The number of sulfonamides is 1. The molecule has 0 fully saturated rings. The molecule has 0 amide bonds. The van der Waals surface area contributed by atoms with Crippen molar-refractivity contribution in [3.05, 3.63) is 23.8 Å². The maximum atomic E-state index is 12.2. The highest BCUT2D eigenvalue weighted by molar-refractivity contribution is 7.89. The van der Waals surface area contributed by atoms with Gasteiger partial charge in [-0.05, 0) is 43.5 Å². The van der Waals surface area contributed by atoms with Gasteiger partial charge in [0.25, 0.3) is 0 Å². The fourth-order valence-electron chi connectivity index (χ4n) is 1.76. The van der Waals surface area contributed by atoms with E-state index in [4.69, 9.17) is 4.74 Å². The van der Waals surface area contributed by atoms with Gasteiger partial charge in [0.1, 0.15) is 5.75 Å². The second-order valence-corrected chi connectivity index (χ2v) is 5.98. The van der Waals surface area contributed by atoms with Gasteiger partial charge in [0.05, 0.1) is 12.0 Å². The van der Waals surface area contributed by atoms with Gasteiger partial charge in [-0.2, -0.15) is 0 Å². The fraction of sp³-hybridized carbons (Fsp3) is 0.538. The summed E-state index contributed by atoms with van der Waals surface area (Å²) in [6, 6.07) is 4.86. The number of hydrogen-bond acceptors (Lipinski definition) is 3. The van der Waals surface area contributed by atoms with Crippen LogP contribution in [0, 0.1) is 6.92 Å². The standard InChI is InChI=1S/C13H21NO3S/c1-5-11(6-2)14-18(15,16)12-7-8-13(17-4)10(3)9-12/h7-9,11,14H,5-6H2,1-4H3. The molecule has 1 aromatic carbocycles. The van der Waals surface area contributed by atoms with Crippen molar-refractivity contribution in [2.45, 2.75) is 44.6 Å². The summed E-state index contributed by atoms with van der Waals surface area (Å²) in [5.74, 6) is 0.691. The Bertz CT molecular complexity index is 493. The second kappa shape index (κ2) is 6.20. The molecule has 0 aromatic heterocycles. The summed E-state index contributed by atoms with van der Waals surface area (Å²) >= 11 is 0. The van der Waals surface area contributed by atoms with Crippen LogP contribution in [0.4, 0.5) is 0 Å². The lowest BCUT2D eigenvalue weighted by molar-refractivity contribution is 0.411. The average molecular weight is 271 g/mol. The molecule has 0 aliphatic rings. The van der Waals surface area contributed by atoms with E-state index < -0.39 is 10.0 Å². The van der Waals surface area contributed by atoms with Crippen LogP contribution in [0.15, 0.2) is 23.1 Å². The molecule has 0 unspecified atom stereocenters. The molecule has 0 saturated carbocycles. The number of hydrogen-bond donors (Lipinski definition) is 1. The van der Waals surface area contributed by atoms with E-state index in [-0.39, 0.29) is 10.9 Å². The van der Waals surface area contributed by atoms with Crippen molar-refractivity contribution in [1.82, 2.24) is 4.72 Å². The summed E-state index contributed by atoms with van der Waals surface area (Å²) in [7, 11) is -1.87. The summed E-state index contributed by atoms with van der Waals surface area (Å²) in [4.78, 5) is 0.285. The van der Waals surface area contributed by atoms with Crippen LogP contribution in [-0.4, -0.2) is 21.6 Å². The number of nitrogens with one attached hydrogen (secondary N) is 1. The topological polar surface area (TPSA) is 55.4 Å². The minimum absolute atomic E-state index is 0.0163. The Morgan fingerprint density at radius 3 is 2.33 bits per heavy atom. The van der Waals surface area contributed by atoms with E-state index in [0.29, 0.717) is 5.75 Å². The summed E-state index contributed by atoms with van der Waals surface area (Å²) < 4.78 is 32.1. The first-order valence-corrected chi connectivity index (χ1v) is 7.59. The molecule has 1 aromatic rings. The quantitative estimate of drug-likeness (QED) is 0.864. The largest absolute Gasteiger partial charge is 0.496 e. The maximum Gasteiger partial charge on any atom is 0.240 e. The first kappa shape index (κ1) is 15.0. The summed E-state index contributed by atoms with van der Waals surface area (Å²) in [5, 5.41) is 0. The van der Waals surface area contributed by atoms with Crippen molar-refractivity contribution in [3.63, 3.8) is 0 Å². The summed E-state index contributed by atoms with van der Waals surface area (Å²) in [5.41, 5.74) is 0.810. The molecule has 0 radical (unpaired) electrons. The van der Waals surface area contributed by atoms with Gasteiger partial charge in [0.2, 0.25) is 10.0 Å². The van der Waals surface area contributed by atoms with Gasteiger partial charge >= 0.3 is 0 Å². The third-order valence-corrected chi connectivity index (χ3v) is 4.50. The van der Waals surface area contributed by atoms with Crippen molar-refractivity contribution in [2.24, 2.45) is 0 Å². The summed E-state index contributed by atoms with van der Waals surface area (Å²) in [6.45, 7) is 5.76. The number of aryl methyl sites for hydroxylation is 1. The van der Waals surface area contributed by atoms with Crippen LogP contribution >= 0.6 is 0 Å². The predicted octanol–water partition coefficient (Wildman–Crippen LogP) is 2.47. The lowest BCUT2D eigenvalue weighted by Gasteiger charge is -2.15. The monoisotopic (exact) mass is 271 g/mol. The predicted molar refractivity (Wildman–Crippen MR) is 72.4 cm³/mol. The average Bonchev–Trinajstić information content (AvgIpc) is 2.35. The minimum Gasteiger partial charge on any atom is -0.496 e. The molecule has 0 aliphatic heterocycles. The molecule has 1 rings (SSSR count). The Hall–Kier alpha value is -1.07. The second-order valence-electron chi connectivity index (χ2n) is 4.27. The zero-order valence-electron chi connectivity index (χ0n) is 11.4. The summed E-state index contributed by atoms with van der Waals surface area (Å²) in [6.07, 6.45) is 1.57. The van der Waals surface area contributed by atoms with Crippen molar-refractivity contribution >= 4 is 10.0 Å². The molecular weight excluding hydrogens is 250 g/mol. The lowest BCUT2D eigenvalue weighted by Crippen LogP contribution is -2.33. The van der Waals surface area contributed by atoms with Crippen molar-refractivity contribution in [1.29, 1.82) is 0 Å². The highest BCUT2D eigenvalue weighted by Gasteiger charge is 2.18. The zero-order valence-corrected chi connectivity index (χ0v) is 12.2. The van der Waals surface area contributed by atoms with Gasteiger partial charge in [-0.25, -0.2) is 13.1 Å². The molecule has 4 nitrogen and oxygen atoms in total. The van der Waals surface area contributed by atoms with Crippen molar-refractivity contribution in [2.75, 3.05) is 7.11 Å². The lowest BCUT2D eigenvalue weighted by atomic mass is 10.2. The van der Waals surface area contributed by atoms with Crippen LogP contribution < -0.4 is 9.46 Å². The maximum absolute atomic E-state index is 12.2. The van der Waals surface area contributed by atoms with Crippen LogP contribution in [0.3, 0.4) is 0 Å². The SMILES string of the molecule is CCC(CC)NS(=O)(=O)c1ccc(OC)c(C)c1. The van der Waals surface area contributed by atoms with Crippen LogP contribution in [0.1, 0.15) is 32.3 Å². The van der Waals surface area contributed by atoms with E-state index in [2.05, 4.69) is 4.72 Å². The van der Waals surface area contributed by atoms with Gasteiger partial charge in [-0.15, -0.1) is 0 Å². The van der Waals surface area contributed by atoms with Gasteiger partial charge in [0.15, 0.2) is 0 Å². The Labute approximate surface area is 109 Å². The van der Waals surface area contributed by atoms with E-state index in [1.54, 1.807) is 25.3 Å². The molecule has 0 bridgehead atoms. The van der Waals surface area contributed by atoms with Crippen LogP contribution in [0.2, 0.25) is 0 Å². The van der Waals surface area contributed by atoms with Gasteiger partial charge in [-0.3, -0.25) is 0 Å². The van der Waals surface area contributed by atoms with Crippen LogP contribution in [0.25, 0.3) is 0 Å². The number of rotatable bonds is 6. The van der Waals surface area contributed by atoms with Gasteiger partial charge in [0, 0.05) is 6.04 Å². The smallest absolute Gasteiger partial charge is 0.240 e. The van der Waals surface area contributed by atoms with Gasteiger partial charge in [-0.1, -0.05) is 13.8 Å². The minimum atomic E-state index is -3.44. The van der Waals surface area contributed by atoms with E-state index in [1.165, 1.54) is 0 Å². The first-order chi connectivity index (χ1) is 8.44. The molecule has 0 aliphatic carbocycles. The molecule has 0 heterocycles. The van der Waals surface area contributed by atoms with Crippen molar-refractivity contribution < 1.29 is 13.2 Å². The Kier molecular flexibility index (Phi) is 5.16. The van der Waals surface area contributed by atoms with Crippen LogP contribution in [0.5, 0.6) is 5.75 Å². The zero-order chi connectivity index (χ0) is 13.8. The highest BCUT2D eigenvalue weighted by atomic mass is 32.2. The van der Waals surface area contributed by atoms with Crippen LogP contribution in [-0.2, 0) is 10.0 Å². The normalized spacial score (nSPS) is 11.8. The molecule has 0 spiro atoms. The van der Waals surface area contributed by atoms with Crippen molar-refractivity contribution in [3.8, 4) is 5.75 Å². The third-order valence-electron chi connectivity index (χ3n) is 2.98. The van der Waals surface area contributed by atoms with Gasteiger partial charge < -0.3 is 4.74 Å². The molecule has 5 heteroatoms. The molecular formula is C13H21NO3S. The fourth-order valence-corrected chi connectivity index (χ4v) is 3.25. The molecule has 102 valence electrons. The molecule has 18 heavy (non-hydrogen) atoms. The molecule has 0 saturated heterocycles. The van der Waals surface area contributed by atoms with E-state index in [0.717, 1.165) is 18.4 Å². The molecule has 0 atom stereocenters. The third kappa shape index (κ3) is 3.46. The first-order valence-electron chi connectivity index (χ1n) is 6.11. The molecule has 1 N–H and O–H groups in total. The Morgan fingerprint density at radius 1 is 1.28 bits per heavy atom.